The van der Waals surface area contributed by atoms with Crippen molar-refractivity contribution in [2.75, 3.05) is 33.2 Å². The van der Waals surface area contributed by atoms with Gasteiger partial charge < -0.3 is 9.88 Å². The van der Waals surface area contributed by atoms with Crippen molar-refractivity contribution in [2.24, 2.45) is 5.92 Å². The summed E-state index contributed by atoms with van der Waals surface area (Å²) in [5.41, 5.74) is 1.22. The number of likely N-dealkylation sites (tertiary alicyclic amines) is 1. The topological polar surface area (TPSA) is 52.2 Å². The van der Waals surface area contributed by atoms with E-state index in [9.17, 15) is 4.79 Å². The molecule has 0 bridgehead atoms. The molecule has 1 aromatic rings. The molecule has 0 radical (unpaired) electrons. The predicted molar refractivity (Wildman–Crippen MR) is 74.8 cm³/mol. The quantitative estimate of drug-likeness (QED) is 0.868. The van der Waals surface area contributed by atoms with Crippen LogP contribution in [0.1, 0.15) is 25.5 Å². The highest BCUT2D eigenvalue weighted by Gasteiger charge is 2.22. The van der Waals surface area contributed by atoms with Crippen molar-refractivity contribution < 1.29 is 4.79 Å². The van der Waals surface area contributed by atoms with Crippen LogP contribution in [-0.2, 0) is 11.2 Å². The number of H-pyrrole nitrogens is 1. The molecule has 0 spiro atoms. The lowest BCUT2D eigenvalue weighted by Gasteiger charge is -2.32. The molecule has 2 heterocycles. The number of aromatic nitrogens is 2. The van der Waals surface area contributed by atoms with E-state index in [4.69, 9.17) is 0 Å². The zero-order chi connectivity index (χ0) is 13.7. The molecule has 1 aliphatic heterocycles. The molecular weight excluding hydrogens is 240 g/mol. The van der Waals surface area contributed by atoms with Crippen LogP contribution in [0.3, 0.4) is 0 Å². The van der Waals surface area contributed by atoms with Gasteiger partial charge in [0.25, 0.3) is 0 Å². The monoisotopic (exact) mass is 264 g/mol. The number of nitrogens with zero attached hydrogens (tertiary/aromatic N) is 3. The maximum absolute atomic E-state index is 11.9. The second kappa shape index (κ2) is 6.70. The Kier molecular flexibility index (Phi) is 4.96. The van der Waals surface area contributed by atoms with Crippen LogP contribution in [0.25, 0.3) is 0 Å². The normalized spacial score (nSPS) is 17.6. The van der Waals surface area contributed by atoms with Gasteiger partial charge in [0.1, 0.15) is 0 Å². The van der Waals surface area contributed by atoms with E-state index in [0.29, 0.717) is 6.54 Å². The molecule has 1 aromatic heterocycles. The highest BCUT2D eigenvalue weighted by molar-refractivity contribution is 5.77. The third kappa shape index (κ3) is 4.06. The van der Waals surface area contributed by atoms with Crippen LogP contribution in [0.2, 0.25) is 0 Å². The van der Waals surface area contributed by atoms with Crippen LogP contribution in [-0.4, -0.2) is 58.9 Å². The fraction of sp³-hybridized carbons (Fsp3) is 0.714. The standard InChI is InChI=1S/C14H24N4O/c1-3-17(2)14(19)10-18-6-4-12(5-7-18)8-13-9-15-11-16-13/h9,11-12H,3-8,10H2,1-2H3,(H,15,16). The summed E-state index contributed by atoms with van der Waals surface area (Å²) in [4.78, 5) is 23.1. The lowest BCUT2D eigenvalue weighted by Crippen LogP contribution is -2.42. The van der Waals surface area contributed by atoms with Crippen LogP contribution in [0.5, 0.6) is 0 Å². The number of hydrogen-bond acceptors (Lipinski definition) is 3. The second-order valence-corrected chi connectivity index (χ2v) is 5.41. The molecule has 5 heteroatoms. The van der Waals surface area contributed by atoms with E-state index in [-0.39, 0.29) is 5.91 Å². The summed E-state index contributed by atoms with van der Waals surface area (Å²) in [6.45, 7) is 5.43. The van der Waals surface area contributed by atoms with Crippen molar-refractivity contribution in [2.45, 2.75) is 26.2 Å². The Labute approximate surface area is 115 Å². The van der Waals surface area contributed by atoms with Gasteiger partial charge in [-0.15, -0.1) is 0 Å². The average Bonchev–Trinajstić information content (AvgIpc) is 2.93. The number of nitrogens with one attached hydrogen (secondary N) is 1. The maximum atomic E-state index is 11.9. The molecule has 2 rings (SSSR count). The van der Waals surface area contributed by atoms with Crippen molar-refractivity contribution in [3.63, 3.8) is 0 Å². The van der Waals surface area contributed by atoms with Crippen molar-refractivity contribution in [1.29, 1.82) is 0 Å². The zero-order valence-electron chi connectivity index (χ0n) is 11.9. The molecule has 1 aliphatic rings. The SMILES string of the molecule is CCN(C)C(=O)CN1CCC(Cc2cnc[nH]2)CC1. The number of piperidine rings is 1. The van der Waals surface area contributed by atoms with Gasteiger partial charge in [0.2, 0.25) is 5.91 Å². The summed E-state index contributed by atoms with van der Waals surface area (Å²) in [6.07, 6.45) is 7.07. The van der Waals surface area contributed by atoms with Crippen molar-refractivity contribution >= 4 is 5.91 Å². The third-order valence-corrected chi connectivity index (χ3v) is 4.03. The molecule has 5 nitrogen and oxygen atoms in total. The largest absolute Gasteiger partial charge is 0.348 e. The summed E-state index contributed by atoms with van der Waals surface area (Å²) in [6, 6.07) is 0. The third-order valence-electron chi connectivity index (χ3n) is 4.03. The maximum Gasteiger partial charge on any atom is 0.236 e. The number of carbonyl (C=O) groups excluding carboxylic acids is 1. The predicted octanol–water partition coefficient (Wildman–Crippen LogP) is 1.14. The first-order chi connectivity index (χ1) is 9.19. The molecule has 1 N–H and O–H groups in total. The van der Waals surface area contributed by atoms with Crippen molar-refractivity contribution in [3.05, 3.63) is 18.2 Å². The second-order valence-electron chi connectivity index (χ2n) is 5.41. The van der Waals surface area contributed by atoms with Crippen LogP contribution in [0.15, 0.2) is 12.5 Å². The molecule has 106 valence electrons. The number of imidazole rings is 1. The highest BCUT2D eigenvalue weighted by Crippen LogP contribution is 2.20. The molecular formula is C14H24N4O. The van der Waals surface area contributed by atoms with Crippen LogP contribution in [0.4, 0.5) is 0 Å². The Morgan fingerprint density at radius 2 is 2.26 bits per heavy atom. The number of carbonyl (C=O) groups is 1. The summed E-state index contributed by atoms with van der Waals surface area (Å²) >= 11 is 0. The minimum Gasteiger partial charge on any atom is -0.348 e. The Hall–Kier alpha value is -1.36. The molecule has 0 aliphatic carbocycles. The van der Waals surface area contributed by atoms with Gasteiger partial charge in [-0.25, -0.2) is 4.98 Å². The summed E-state index contributed by atoms with van der Waals surface area (Å²) in [7, 11) is 1.87. The van der Waals surface area contributed by atoms with Gasteiger partial charge in [-0.3, -0.25) is 9.69 Å². The van der Waals surface area contributed by atoms with Crippen LogP contribution < -0.4 is 0 Å². The zero-order valence-corrected chi connectivity index (χ0v) is 11.9. The van der Waals surface area contributed by atoms with Crippen LogP contribution in [0, 0.1) is 5.92 Å². The van der Waals surface area contributed by atoms with E-state index in [0.717, 1.165) is 32.0 Å². The van der Waals surface area contributed by atoms with Gasteiger partial charge in [0, 0.05) is 25.5 Å². The minimum atomic E-state index is 0.231. The minimum absolute atomic E-state index is 0.231. The highest BCUT2D eigenvalue weighted by atomic mass is 16.2. The lowest BCUT2D eigenvalue weighted by atomic mass is 9.92. The molecule has 0 atom stereocenters. The fourth-order valence-electron chi connectivity index (χ4n) is 2.54. The first-order valence-corrected chi connectivity index (χ1v) is 7.12. The van der Waals surface area contributed by atoms with Gasteiger partial charge in [-0.2, -0.15) is 0 Å². The average molecular weight is 264 g/mol. The summed E-state index contributed by atoms with van der Waals surface area (Å²) in [5.74, 6) is 0.949. The van der Waals surface area contributed by atoms with Gasteiger partial charge in [0.15, 0.2) is 0 Å². The van der Waals surface area contributed by atoms with E-state index >= 15 is 0 Å². The molecule has 0 aromatic carbocycles. The van der Waals surface area contributed by atoms with E-state index in [1.807, 2.05) is 20.2 Å². The molecule has 19 heavy (non-hydrogen) atoms. The number of rotatable bonds is 5. The van der Waals surface area contributed by atoms with Crippen LogP contribution >= 0.6 is 0 Å². The molecule has 1 saturated heterocycles. The van der Waals surface area contributed by atoms with Crippen molar-refractivity contribution in [3.8, 4) is 0 Å². The van der Waals surface area contributed by atoms with E-state index in [2.05, 4.69) is 14.9 Å². The first kappa shape index (κ1) is 14.1. The number of likely N-dealkylation sites (N-methyl/N-ethyl adjacent to an activating group) is 1. The Morgan fingerprint density at radius 1 is 1.53 bits per heavy atom. The lowest BCUT2D eigenvalue weighted by molar-refractivity contribution is -0.131. The van der Waals surface area contributed by atoms with E-state index < -0.39 is 0 Å². The van der Waals surface area contributed by atoms with E-state index in [1.165, 1.54) is 18.5 Å². The number of aromatic amines is 1. The molecule has 0 unspecified atom stereocenters. The Bertz CT molecular complexity index is 382. The smallest absolute Gasteiger partial charge is 0.236 e. The Balaban J connectivity index is 1.72. The Morgan fingerprint density at radius 3 is 2.84 bits per heavy atom. The molecule has 1 amide bonds. The fourth-order valence-corrected chi connectivity index (χ4v) is 2.54. The first-order valence-electron chi connectivity index (χ1n) is 7.12. The number of hydrogen-bond donors (Lipinski definition) is 1. The molecule has 0 saturated carbocycles. The van der Waals surface area contributed by atoms with Gasteiger partial charge in [-0.1, -0.05) is 0 Å². The van der Waals surface area contributed by atoms with Gasteiger partial charge in [-0.05, 0) is 45.2 Å². The van der Waals surface area contributed by atoms with Crippen molar-refractivity contribution in [1.82, 2.24) is 19.8 Å². The van der Waals surface area contributed by atoms with Gasteiger partial charge >= 0.3 is 0 Å². The molecule has 1 fully saturated rings. The summed E-state index contributed by atoms with van der Waals surface area (Å²) in [5, 5.41) is 0. The number of amides is 1. The summed E-state index contributed by atoms with van der Waals surface area (Å²) < 4.78 is 0. The van der Waals surface area contributed by atoms with E-state index in [1.54, 1.807) is 11.2 Å². The van der Waals surface area contributed by atoms with Gasteiger partial charge in [0.05, 0.1) is 12.9 Å².